The molecule has 0 fully saturated rings. The molecule has 0 aromatic heterocycles. The first-order valence-corrected chi connectivity index (χ1v) is 7.43. The summed E-state index contributed by atoms with van der Waals surface area (Å²) >= 11 is 5.77. The molecule has 2 aromatic rings. The monoisotopic (exact) mass is 348 g/mol. The highest BCUT2D eigenvalue weighted by molar-refractivity contribution is 6.30. The number of amides is 1. The number of carbonyl (C=O) groups is 1. The van der Waals surface area contributed by atoms with Crippen LogP contribution >= 0.6 is 11.6 Å². The molecule has 0 aliphatic rings. The van der Waals surface area contributed by atoms with Crippen molar-refractivity contribution in [3.05, 3.63) is 53.1 Å². The summed E-state index contributed by atoms with van der Waals surface area (Å²) in [6, 6.07) is 12.1. The van der Waals surface area contributed by atoms with E-state index < -0.39 is 0 Å². The summed E-state index contributed by atoms with van der Waals surface area (Å²) in [4.78, 5) is 11.7. The zero-order valence-electron chi connectivity index (χ0n) is 13.3. The van der Waals surface area contributed by atoms with Gasteiger partial charge in [0.25, 0.3) is 5.91 Å². The van der Waals surface area contributed by atoms with E-state index in [1.807, 2.05) is 0 Å². The van der Waals surface area contributed by atoms with Gasteiger partial charge in [0.05, 0.1) is 20.4 Å². The summed E-state index contributed by atoms with van der Waals surface area (Å²) in [7, 11) is 3.09. The fraction of sp³-hybridized carbons (Fsp3) is 0.176. The quantitative estimate of drug-likeness (QED) is 0.617. The molecular formula is C17H17ClN2O4. The third-order valence-electron chi connectivity index (χ3n) is 3.01. The van der Waals surface area contributed by atoms with Crippen molar-refractivity contribution >= 4 is 23.7 Å². The zero-order chi connectivity index (χ0) is 17.4. The predicted molar refractivity (Wildman–Crippen MR) is 92.2 cm³/mol. The number of methoxy groups -OCH3 is 2. The number of nitrogens with one attached hydrogen (secondary N) is 1. The second-order valence-corrected chi connectivity index (χ2v) is 5.05. The summed E-state index contributed by atoms with van der Waals surface area (Å²) in [5.41, 5.74) is 3.06. The summed E-state index contributed by atoms with van der Waals surface area (Å²) in [5, 5.41) is 4.49. The average Bonchev–Trinajstić information content (AvgIpc) is 2.61. The number of hydrogen-bond donors (Lipinski definition) is 1. The number of rotatable bonds is 7. The molecule has 0 aliphatic carbocycles. The Morgan fingerprint density at radius 1 is 1.17 bits per heavy atom. The minimum Gasteiger partial charge on any atom is -0.493 e. The van der Waals surface area contributed by atoms with Crippen LogP contribution in [0.3, 0.4) is 0 Å². The van der Waals surface area contributed by atoms with Gasteiger partial charge in [-0.1, -0.05) is 17.7 Å². The maximum Gasteiger partial charge on any atom is 0.277 e. The Labute approximate surface area is 145 Å². The van der Waals surface area contributed by atoms with E-state index in [2.05, 4.69) is 10.5 Å². The van der Waals surface area contributed by atoms with Gasteiger partial charge in [-0.3, -0.25) is 4.79 Å². The van der Waals surface area contributed by atoms with E-state index in [1.165, 1.54) is 13.3 Å². The van der Waals surface area contributed by atoms with Gasteiger partial charge in [-0.15, -0.1) is 0 Å². The molecular weight excluding hydrogens is 332 g/mol. The van der Waals surface area contributed by atoms with Crippen molar-refractivity contribution in [3.63, 3.8) is 0 Å². The summed E-state index contributed by atoms with van der Waals surface area (Å²) in [5.74, 6) is 1.28. The van der Waals surface area contributed by atoms with E-state index in [-0.39, 0.29) is 12.5 Å². The number of benzene rings is 2. The number of carbonyl (C=O) groups excluding carboxylic acids is 1. The Morgan fingerprint density at radius 3 is 2.58 bits per heavy atom. The van der Waals surface area contributed by atoms with Gasteiger partial charge in [0.2, 0.25) is 0 Å². The molecule has 0 aliphatic heterocycles. The lowest BCUT2D eigenvalue weighted by Gasteiger charge is -2.09. The Balaban J connectivity index is 1.89. The van der Waals surface area contributed by atoms with Crippen LogP contribution in [0.2, 0.25) is 5.02 Å². The molecule has 0 atom stereocenters. The Morgan fingerprint density at radius 2 is 1.92 bits per heavy atom. The SMILES string of the molecule is COc1cccc(/C=N\NC(=O)COc2ccc(Cl)cc2)c1OC. The molecule has 126 valence electrons. The number of ether oxygens (including phenoxy) is 3. The second-order valence-electron chi connectivity index (χ2n) is 4.62. The summed E-state index contributed by atoms with van der Waals surface area (Å²) < 4.78 is 15.8. The van der Waals surface area contributed by atoms with E-state index >= 15 is 0 Å². The van der Waals surface area contributed by atoms with Crippen LogP contribution in [0.15, 0.2) is 47.6 Å². The van der Waals surface area contributed by atoms with Crippen LogP contribution in [0.25, 0.3) is 0 Å². The molecule has 7 heteroatoms. The molecule has 0 saturated carbocycles. The molecule has 1 N–H and O–H groups in total. The molecule has 0 heterocycles. The Bertz CT molecular complexity index is 717. The molecule has 0 unspecified atom stereocenters. The van der Waals surface area contributed by atoms with Crippen LogP contribution in [0.4, 0.5) is 0 Å². The van der Waals surface area contributed by atoms with E-state index in [0.717, 1.165) is 0 Å². The van der Waals surface area contributed by atoms with Crippen molar-refractivity contribution in [2.75, 3.05) is 20.8 Å². The first-order chi connectivity index (χ1) is 11.6. The maximum atomic E-state index is 11.7. The number of hydrazone groups is 1. The number of para-hydroxylation sites is 1. The molecule has 2 rings (SSSR count). The highest BCUT2D eigenvalue weighted by atomic mass is 35.5. The standard InChI is InChI=1S/C17H17ClN2O4/c1-22-15-5-3-4-12(17(15)23-2)10-19-20-16(21)11-24-14-8-6-13(18)7-9-14/h3-10H,11H2,1-2H3,(H,20,21)/b19-10-. The third-order valence-corrected chi connectivity index (χ3v) is 3.26. The molecule has 0 spiro atoms. The van der Waals surface area contributed by atoms with Gasteiger partial charge in [-0.2, -0.15) is 5.10 Å². The molecule has 2 aromatic carbocycles. The highest BCUT2D eigenvalue weighted by Gasteiger charge is 2.07. The maximum absolute atomic E-state index is 11.7. The fourth-order valence-electron chi connectivity index (χ4n) is 1.90. The van der Waals surface area contributed by atoms with Gasteiger partial charge in [0.15, 0.2) is 18.1 Å². The van der Waals surface area contributed by atoms with Gasteiger partial charge in [0, 0.05) is 10.6 Å². The van der Waals surface area contributed by atoms with E-state index in [0.29, 0.717) is 27.8 Å². The lowest BCUT2D eigenvalue weighted by molar-refractivity contribution is -0.123. The number of nitrogens with zero attached hydrogens (tertiary/aromatic N) is 1. The van der Waals surface area contributed by atoms with Gasteiger partial charge < -0.3 is 14.2 Å². The molecule has 1 amide bonds. The molecule has 24 heavy (non-hydrogen) atoms. The summed E-state index contributed by atoms with van der Waals surface area (Å²) in [6.07, 6.45) is 1.47. The second kappa shape index (κ2) is 8.79. The average molecular weight is 349 g/mol. The van der Waals surface area contributed by atoms with Crippen molar-refractivity contribution < 1.29 is 19.0 Å². The Hall–Kier alpha value is -2.73. The van der Waals surface area contributed by atoms with E-state index in [4.69, 9.17) is 25.8 Å². The van der Waals surface area contributed by atoms with E-state index in [1.54, 1.807) is 49.6 Å². The number of hydrogen-bond acceptors (Lipinski definition) is 5. The van der Waals surface area contributed by atoms with Gasteiger partial charge >= 0.3 is 0 Å². The predicted octanol–water partition coefficient (Wildman–Crippen LogP) is 2.89. The normalized spacial score (nSPS) is 10.5. The topological polar surface area (TPSA) is 69.2 Å². The minimum absolute atomic E-state index is 0.159. The molecule has 0 bridgehead atoms. The van der Waals surface area contributed by atoms with Crippen LogP contribution in [-0.4, -0.2) is 32.9 Å². The van der Waals surface area contributed by atoms with Crippen molar-refractivity contribution in [1.29, 1.82) is 0 Å². The lowest BCUT2D eigenvalue weighted by atomic mass is 10.2. The van der Waals surface area contributed by atoms with Crippen LogP contribution in [0, 0.1) is 0 Å². The van der Waals surface area contributed by atoms with Crippen LogP contribution in [0.5, 0.6) is 17.2 Å². The van der Waals surface area contributed by atoms with E-state index in [9.17, 15) is 4.79 Å². The van der Waals surface area contributed by atoms with Crippen LogP contribution in [0.1, 0.15) is 5.56 Å². The third kappa shape index (κ3) is 4.89. The fourth-order valence-corrected chi connectivity index (χ4v) is 2.03. The lowest BCUT2D eigenvalue weighted by Crippen LogP contribution is -2.24. The van der Waals surface area contributed by atoms with Gasteiger partial charge in [-0.05, 0) is 36.4 Å². The first kappa shape index (κ1) is 17.6. The molecule has 0 saturated heterocycles. The van der Waals surface area contributed by atoms with Crippen LogP contribution in [-0.2, 0) is 4.79 Å². The Kier molecular flexibility index (Phi) is 6.45. The smallest absolute Gasteiger partial charge is 0.277 e. The van der Waals surface area contributed by atoms with Crippen molar-refractivity contribution in [2.24, 2.45) is 5.10 Å². The first-order valence-electron chi connectivity index (χ1n) is 7.05. The number of halogens is 1. The van der Waals surface area contributed by atoms with Crippen LogP contribution < -0.4 is 19.6 Å². The van der Waals surface area contributed by atoms with Gasteiger partial charge in [-0.25, -0.2) is 5.43 Å². The molecule has 0 radical (unpaired) electrons. The largest absolute Gasteiger partial charge is 0.493 e. The highest BCUT2D eigenvalue weighted by Crippen LogP contribution is 2.29. The van der Waals surface area contributed by atoms with Crippen molar-refractivity contribution in [3.8, 4) is 17.2 Å². The minimum atomic E-state index is -0.386. The van der Waals surface area contributed by atoms with Gasteiger partial charge in [0.1, 0.15) is 5.75 Å². The van der Waals surface area contributed by atoms with Crippen molar-refractivity contribution in [1.82, 2.24) is 5.43 Å². The summed E-state index contributed by atoms with van der Waals surface area (Å²) in [6.45, 7) is -0.159. The molecule has 6 nitrogen and oxygen atoms in total. The van der Waals surface area contributed by atoms with Crippen molar-refractivity contribution in [2.45, 2.75) is 0 Å². The zero-order valence-corrected chi connectivity index (χ0v) is 14.0.